The van der Waals surface area contributed by atoms with Crippen LogP contribution in [-0.2, 0) is 14.3 Å². The van der Waals surface area contributed by atoms with Gasteiger partial charge in [-0.2, -0.15) is 0 Å². The van der Waals surface area contributed by atoms with Gasteiger partial charge in [0.1, 0.15) is 11.4 Å². The minimum Gasteiger partial charge on any atom is -0.492 e. The average molecular weight is 398 g/mol. The lowest BCUT2D eigenvalue weighted by atomic mass is 9.83. The van der Waals surface area contributed by atoms with Gasteiger partial charge in [0.05, 0.1) is 17.2 Å². The van der Waals surface area contributed by atoms with E-state index in [9.17, 15) is 4.79 Å². The summed E-state index contributed by atoms with van der Waals surface area (Å²) in [6, 6.07) is 5.31. The second-order valence-corrected chi connectivity index (χ2v) is 8.06. The first-order valence-electron chi connectivity index (χ1n) is 9.75. The molecule has 0 aliphatic heterocycles. The Balaban J connectivity index is 1.99. The SMILES string of the molecule is CCOC1(C(=O)Nc2ccc(OCCC(C)(C)OC)c(Cl)c2)CCCCC1. The Bertz CT molecular complexity index is 621. The standard InChI is InChI=1S/C21H32ClNO4/c1-5-27-21(11-7-6-8-12-21)19(24)23-16-9-10-18(17(22)15-16)26-14-13-20(2,3)25-4/h9-10,15H,5-8,11-14H2,1-4H3,(H,23,24). The quantitative estimate of drug-likeness (QED) is 0.621. The Morgan fingerprint density at radius 3 is 2.56 bits per heavy atom. The fraction of sp³-hybridized carbons (Fsp3) is 0.667. The van der Waals surface area contributed by atoms with E-state index in [0.29, 0.717) is 29.7 Å². The van der Waals surface area contributed by atoms with Gasteiger partial charge in [-0.25, -0.2) is 0 Å². The summed E-state index contributed by atoms with van der Waals surface area (Å²) in [5.74, 6) is 0.509. The molecule has 1 aliphatic rings. The highest BCUT2D eigenvalue weighted by atomic mass is 35.5. The first-order valence-corrected chi connectivity index (χ1v) is 10.1. The third kappa shape index (κ3) is 6.09. The van der Waals surface area contributed by atoms with Crippen molar-refractivity contribution in [3.63, 3.8) is 0 Å². The number of anilines is 1. The van der Waals surface area contributed by atoms with Gasteiger partial charge in [0.25, 0.3) is 5.91 Å². The van der Waals surface area contributed by atoms with Crippen molar-refractivity contribution in [1.29, 1.82) is 0 Å². The molecule has 27 heavy (non-hydrogen) atoms. The lowest BCUT2D eigenvalue weighted by molar-refractivity contribution is -0.145. The van der Waals surface area contributed by atoms with Crippen LogP contribution in [0.2, 0.25) is 5.02 Å². The summed E-state index contributed by atoms with van der Waals surface area (Å²) in [6.07, 6.45) is 5.44. The van der Waals surface area contributed by atoms with E-state index < -0.39 is 5.60 Å². The molecule has 1 fully saturated rings. The highest BCUT2D eigenvalue weighted by Gasteiger charge is 2.40. The highest BCUT2D eigenvalue weighted by Crippen LogP contribution is 2.34. The van der Waals surface area contributed by atoms with Gasteiger partial charge < -0.3 is 19.5 Å². The van der Waals surface area contributed by atoms with Gasteiger partial charge in [-0.3, -0.25) is 4.79 Å². The smallest absolute Gasteiger partial charge is 0.256 e. The maximum atomic E-state index is 12.9. The molecule has 0 unspecified atom stereocenters. The highest BCUT2D eigenvalue weighted by molar-refractivity contribution is 6.32. The molecular weight excluding hydrogens is 366 g/mol. The molecule has 0 saturated heterocycles. The second kappa shape index (κ2) is 9.76. The molecule has 0 radical (unpaired) electrons. The van der Waals surface area contributed by atoms with Crippen molar-refractivity contribution < 1.29 is 19.0 Å². The molecular formula is C21H32ClNO4. The average Bonchev–Trinajstić information content (AvgIpc) is 2.64. The number of hydrogen-bond acceptors (Lipinski definition) is 4. The normalized spacial score (nSPS) is 16.8. The molecule has 0 aromatic heterocycles. The van der Waals surface area contributed by atoms with Crippen molar-refractivity contribution in [3.05, 3.63) is 23.2 Å². The van der Waals surface area contributed by atoms with Crippen LogP contribution < -0.4 is 10.1 Å². The number of halogens is 1. The number of methoxy groups -OCH3 is 1. The summed E-state index contributed by atoms with van der Waals surface area (Å²) in [6.45, 7) is 6.97. The molecule has 0 spiro atoms. The van der Waals surface area contributed by atoms with Crippen molar-refractivity contribution in [3.8, 4) is 5.75 Å². The van der Waals surface area contributed by atoms with E-state index in [2.05, 4.69) is 5.32 Å². The van der Waals surface area contributed by atoms with Crippen LogP contribution in [0, 0.1) is 0 Å². The second-order valence-electron chi connectivity index (χ2n) is 7.65. The van der Waals surface area contributed by atoms with Crippen molar-refractivity contribution in [2.24, 2.45) is 0 Å². The summed E-state index contributed by atoms with van der Waals surface area (Å²) in [5, 5.41) is 3.44. The van der Waals surface area contributed by atoms with Crippen LogP contribution in [0.3, 0.4) is 0 Å². The monoisotopic (exact) mass is 397 g/mol. The minimum absolute atomic E-state index is 0.0874. The molecule has 152 valence electrons. The summed E-state index contributed by atoms with van der Waals surface area (Å²) in [4.78, 5) is 12.9. The molecule has 0 bridgehead atoms. The van der Waals surface area contributed by atoms with E-state index in [1.807, 2.05) is 26.8 Å². The molecule has 0 heterocycles. The minimum atomic E-state index is -0.722. The van der Waals surface area contributed by atoms with E-state index in [1.54, 1.807) is 19.2 Å². The number of rotatable bonds is 9. The molecule has 2 rings (SSSR count). The summed E-state index contributed by atoms with van der Waals surface area (Å²) in [5.41, 5.74) is -0.312. The van der Waals surface area contributed by atoms with Crippen LogP contribution in [-0.4, -0.2) is 37.4 Å². The van der Waals surface area contributed by atoms with E-state index in [0.717, 1.165) is 38.5 Å². The summed E-state index contributed by atoms with van der Waals surface area (Å²) >= 11 is 6.34. The number of ether oxygens (including phenoxy) is 3. The zero-order valence-electron chi connectivity index (χ0n) is 16.9. The summed E-state index contributed by atoms with van der Waals surface area (Å²) in [7, 11) is 1.69. The van der Waals surface area contributed by atoms with Gasteiger partial charge in [0.15, 0.2) is 0 Å². The predicted molar refractivity (Wildman–Crippen MR) is 109 cm³/mol. The first kappa shape index (κ1) is 22.0. The van der Waals surface area contributed by atoms with E-state index in [-0.39, 0.29) is 11.5 Å². The number of benzene rings is 1. The molecule has 1 aromatic rings. The molecule has 1 saturated carbocycles. The number of nitrogens with one attached hydrogen (secondary N) is 1. The lowest BCUT2D eigenvalue weighted by Crippen LogP contribution is -2.47. The third-order valence-corrected chi connectivity index (χ3v) is 5.50. The zero-order valence-corrected chi connectivity index (χ0v) is 17.7. The third-order valence-electron chi connectivity index (χ3n) is 5.20. The fourth-order valence-corrected chi connectivity index (χ4v) is 3.52. The van der Waals surface area contributed by atoms with Crippen LogP contribution >= 0.6 is 11.6 Å². The molecule has 1 aliphatic carbocycles. The van der Waals surface area contributed by atoms with E-state index in [1.165, 1.54) is 0 Å². The van der Waals surface area contributed by atoms with E-state index >= 15 is 0 Å². The van der Waals surface area contributed by atoms with Crippen LogP contribution in [0.1, 0.15) is 59.3 Å². The Hall–Kier alpha value is -1.30. The molecule has 1 N–H and O–H groups in total. The molecule has 1 aromatic carbocycles. The maximum absolute atomic E-state index is 12.9. The van der Waals surface area contributed by atoms with Gasteiger partial charge in [-0.05, 0) is 51.8 Å². The van der Waals surface area contributed by atoms with Crippen LogP contribution in [0.15, 0.2) is 18.2 Å². The van der Waals surface area contributed by atoms with E-state index in [4.69, 9.17) is 25.8 Å². The predicted octanol–water partition coefficient (Wildman–Crippen LogP) is 5.21. The molecule has 1 amide bonds. The maximum Gasteiger partial charge on any atom is 0.256 e. The number of hydrogen-bond donors (Lipinski definition) is 1. The number of carbonyl (C=O) groups is 1. The Morgan fingerprint density at radius 2 is 1.96 bits per heavy atom. The van der Waals surface area contributed by atoms with Crippen molar-refractivity contribution in [2.75, 3.05) is 25.6 Å². The topological polar surface area (TPSA) is 56.8 Å². The molecule has 0 atom stereocenters. The van der Waals surface area contributed by atoms with Gasteiger partial charge in [0.2, 0.25) is 0 Å². The number of carbonyl (C=O) groups excluding carboxylic acids is 1. The van der Waals surface area contributed by atoms with Gasteiger partial charge in [-0.15, -0.1) is 0 Å². The van der Waals surface area contributed by atoms with Gasteiger partial charge >= 0.3 is 0 Å². The largest absolute Gasteiger partial charge is 0.492 e. The Labute approximate surface area is 167 Å². The molecule has 6 heteroatoms. The van der Waals surface area contributed by atoms with Crippen LogP contribution in [0.5, 0.6) is 5.75 Å². The number of amides is 1. The van der Waals surface area contributed by atoms with Gasteiger partial charge in [0, 0.05) is 25.8 Å². The fourth-order valence-electron chi connectivity index (χ4n) is 3.29. The Kier molecular flexibility index (Phi) is 7.95. The van der Waals surface area contributed by atoms with Crippen molar-refractivity contribution in [2.45, 2.75) is 70.5 Å². The van der Waals surface area contributed by atoms with Crippen LogP contribution in [0.25, 0.3) is 0 Å². The lowest BCUT2D eigenvalue weighted by Gasteiger charge is -2.35. The van der Waals surface area contributed by atoms with Crippen molar-refractivity contribution in [1.82, 2.24) is 0 Å². The van der Waals surface area contributed by atoms with Gasteiger partial charge in [-0.1, -0.05) is 30.9 Å². The summed E-state index contributed by atoms with van der Waals surface area (Å²) < 4.78 is 17.0. The molecule has 5 nitrogen and oxygen atoms in total. The van der Waals surface area contributed by atoms with Crippen LogP contribution in [0.4, 0.5) is 5.69 Å². The first-order chi connectivity index (χ1) is 12.8. The van der Waals surface area contributed by atoms with Crippen molar-refractivity contribution >= 4 is 23.2 Å². The Morgan fingerprint density at radius 1 is 1.26 bits per heavy atom. The zero-order chi connectivity index (χ0) is 19.9.